The van der Waals surface area contributed by atoms with Crippen molar-refractivity contribution in [2.75, 3.05) is 17.7 Å². The fraction of sp³-hybridized carbons (Fsp3) is 0.167. The van der Waals surface area contributed by atoms with Crippen LogP contribution >= 0.6 is 11.8 Å². The third kappa shape index (κ3) is 6.34. The number of alkyl halides is 3. The number of hydrogen-bond donors (Lipinski definition) is 2. The van der Waals surface area contributed by atoms with Crippen molar-refractivity contribution in [2.24, 2.45) is 0 Å². The molecule has 0 aromatic heterocycles. The van der Waals surface area contributed by atoms with Crippen molar-refractivity contribution in [3.8, 4) is 5.75 Å². The fourth-order valence-electron chi connectivity index (χ4n) is 3.09. The van der Waals surface area contributed by atoms with Gasteiger partial charge >= 0.3 is 6.18 Å². The van der Waals surface area contributed by atoms with Crippen LogP contribution in [0.1, 0.15) is 22.8 Å². The van der Waals surface area contributed by atoms with Gasteiger partial charge in [-0.2, -0.15) is 13.2 Å². The van der Waals surface area contributed by atoms with Gasteiger partial charge in [-0.05, 0) is 43.3 Å². The van der Waals surface area contributed by atoms with Gasteiger partial charge in [-0.3, -0.25) is 9.59 Å². The molecule has 37 heavy (non-hydrogen) atoms. The zero-order valence-corrected chi connectivity index (χ0v) is 19.8. The van der Waals surface area contributed by atoms with Gasteiger partial charge in [-0.15, -0.1) is 11.8 Å². The molecule has 3 aromatic carbocycles. The summed E-state index contributed by atoms with van der Waals surface area (Å²) in [7, 11) is 1.45. The molecule has 0 aliphatic carbocycles. The lowest BCUT2D eigenvalue weighted by Gasteiger charge is -2.16. The van der Waals surface area contributed by atoms with E-state index in [9.17, 15) is 40.3 Å². The second-order valence-corrected chi connectivity index (χ2v) is 8.88. The molecule has 0 saturated heterocycles. The molecule has 3 rings (SSSR count). The SMILES string of the molecule is COc1cccc(C(=O)Nc2cccc(SC(C)C(=O)Nc3c(F)c(F)c(C(F)(F)F)c(F)c3F)c2)c1. The van der Waals surface area contributed by atoms with Crippen LogP contribution in [0.4, 0.5) is 42.1 Å². The van der Waals surface area contributed by atoms with Gasteiger partial charge in [0.1, 0.15) is 17.0 Å². The lowest BCUT2D eigenvalue weighted by molar-refractivity contribution is -0.143. The molecule has 2 N–H and O–H groups in total. The van der Waals surface area contributed by atoms with Crippen molar-refractivity contribution in [1.29, 1.82) is 0 Å². The average Bonchev–Trinajstić information content (AvgIpc) is 2.84. The zero-order chi connectivity index (χ0) is 27.5. The van der Waals surface area contributed by atoms with Crippen LogP contribution in [0.15, 0.2) is 53.4 Å². The van der Waals surface area contributed by atoms with E-state index in [1.54, 1.807) is 41.7 Å². The van der Waals surface area contributed by atoms with E-state index in [4.69, 9.17) is 4.74 Å². The Morgan fingerprint density at radius 1 is 0.892 bits per heavy atom. The molecule has 0 heterocycles. The fourth-order valence-corrected chi connectivity index (χ4v) is 4.01. The van der Waals surface area contributed by atoms with Gasteiger partial charge in [0.2, 0.25) is 5.91 Å². The first-order valence-electron chi connectivity index (χ1n) is 10.3. The molecule has 0 aliphatic rings. The maximum atomic E-state index is 14.1. The van der Waals surface area contributed by atoms with Crippen LogP contribution in [0.5, 0.6) is 5.75 Å². The number of carbonyl (C=O) groups is 2. The Labute approximate surface area is 210 Å². The first kappa shape index (κ1) is 27.8. The van der Waals surface area contributed by atoms with Gasteiger partial charge in [0, 0.05) is 16.1 Å². The monoisotopic (exact) mass is 546 g/mol. The van der Waals surface area contributed by atoms with Gasteiger partial charge in [0.15, 0.2) is 23.3 Å². The summed E-state index contributed by atoms with van der Waals surface area (Å²) in [6, 6.07) is 12.5. The molecule has 0 bridgehead atoms. The van der Waals surface area contributed by atoms with Crippen LogP contribution in [-0.4, -0.2) is 24.2 Å². The maximum Gasteiger partial charge on any atom is 0.422 e. The molecule has 1 unspecified atom stereocenters. The number of amides is 2. The number of anilines is 2. The minimum absolute atomic E-state index is 0.310. The van der Waals surface area contributed by atoms with E-state index in [1.807, 2.05) is 0 Å². The summed E-state index contributed by atoms with van der Waals surface area (Å²) < 4.78 is 99.1. The third-order valence-electron chi connectivity index (χ3n) is 4.90. The highest BCUT2D eigenvalue weighted by atomic mass is 32.2. The van der Waals surface area contributed by atoms with E-state index in [-0.39, 0.29) is 0 Å². The number of halogens is 7. The van der Waals surface area contributed by atoms with Crippen molar-refractivity contribution in [3.05, 3.63) is 82.9 Å². The number of thioether (sulfide) groups is 1. The maximum absolute atomic E-state index is 14.1. The number of carbonyl (C=O) groups excluding carboxylic acids is 2. The van der Waals surface area contributed by atoms with E-state index in [0.717, 1.165) is 11.8 Å². The van der Waals surface area contributed by atoms with Crippen molar-refractivity contribution < 1.29 is 45.1 Å². The number of hydrogen-bond acceptors (Lipinski definition) is 4. The Bertz CT molecular complexity index is 1320. The summed E-state index contributed by atoms with van der Waals surface area (Å²) in [6.07, 6.45) is -5.70. The van der Waals surface area contributed by atoms with Crippen LogP contribution in [-0.2, 0) is 11.0 Å². The summed E-state index contributed by atoms with van der Waals surface area (Å²) in [5, 5.41) is 3.13. The van der Waals surface area contributed by atoms with Crippen LogP contribution in [0.25, 0.3) is 0 Å². The molecule has 13 heteroatoms. The van der Waals surface area contributed by atoms with Gasteiger partial charge in [0.25, 0.3) is 5.91 Å². The lowest BCUT2D eigenvalue weighted by Crippen LogP contribution is -2.25. The summed E-state index contributed by atoms with van der Waals surface area (Å²) >= 11 is 0.846. The molecular formula is C24H17F7N2O3S. The summed E-state index contributed by atoms with van der Waals surface area (Å²) in [6.45, 7) is 1.29. The molecule has 0 spiro atoms. The van der Waals surface area contributed by atoms with E-state index in [1.165, 1.54) is 26.2 Å². The molecule has 196 valence electrons. The number of methoxy groups -OCH3 is 1. The smallest absolute Gasteiger partial charge is 0.422 e. The number of nitrogens with one attached hydrogen (secondary N) is 2. The van der Waals surface area contributed by atoms with E-state index in [2.05, 4.69) is 5.32 Å². The van der Waals surface area contributed by atoms with Crippen LogP contribution in [0.3, 0.4) is 0 Å². The van der Waals surface area contributed by atoms with Gasteiger partial charge in [0.05, 0.1) is 12.4 Å². The van der Waals surface area contributed by atoms with Crippen LogP contribution in [0, 0.1) is 23.3 Å². The van der Waals surface area contributed by atoms with Crippen LogP contribution in [0.2, 0.25) is 0 Å². The van der Waals surface area contributed by atoms with Crippen molar-refractivity contribution in [3.63, 3.8) is 0 Å². The third-order valence-corrected chi connectivity index (χ3v) is 5.99. The first-order valence-corrected chi connectivity index (χ1v) is 11.2. The van der Waals surface area contributed by atoms with E-state index >= 15 is 0 Å². The topological polar surface area (TPSA) is 67.4 Å². The summed E-state index contributed by atoms with van der Waals surface area (Å²) in [5.74, 6) is -11.3. The average molecular weight is 546 g/mol. The van der Waals surface area contributed by atoms with Gasteiger partial charge < -0.3 is 15.4 Å². The van der Waals surface area contributed by atoms with Crippen molar-refractivity contribution in [1.82, 2.24) is 0 Å². The second kappa shape index (κ2) is 11.1. The molecule has 5 nitrogen and oxygen atoms in total. The second-order valence-electron chi connectivity index (χ2n) is 7.47. The highest BCUT2D eigenvalue weighted by Crippen LogP contribution is 2.38. The molecule has 0 aliphatic heterocycles. The number of benzene rings is 3. The van der Waals surface area contributed by atoms with Gasteiger partial charge in [-0.25, -0.2) is 17.6 Å². The van der Waals surface area contributed by atoms with Crippen molar-refractivity contribution in [2.45, 2.75) is 23.2 Å². The first-order chi connectivity index (χ1) is 17.3. The van der Waals surface area contributed by atoms with Crippen molar-refractivity contribution >= 4 is 35.0 Å². The lowest BCUT2D eigenvalue weighted by atomic mass is 10.1. The molecule has 1 atom stereocenters. The Morgan fingerprint density at radius 2 is 1.51 bits per heavy atom. The molecule has 0 fully saturated rings. The molecule has 0 saturated carbocycles. The van der Waals surface area contributed by atoms with E-state index < -0.39 is 57.8 Å². The largest absolute Gasteiger partial charge is 0.497 e. The standard InChI is InChI=1S/C24H17F7N2O3S/c1-11(22(34)33-21-19(27)17(25)16(24(29,30)31)18(26)20(21)28)37-15-8-4-6-13(10-15)32-23(35)12-5-3-7-14(9-12)36-2/h3-11H,1-2H3,(H,32,35)(H,33,34). The Morgan fingerprint density at radius 3 is 2.11 bits per heavy atom. The quantitative estimate of drug-likeness (QED) is 0.198. The highest BCUT2D eigenvalue weighted by molar-refractivity contribution is 8.00. The predicted octanol–water partition coefficient (Wildman–Crippen LogP) is 6.64. The molecule has 2 amide bonds. The summed E-state index contributed by atoms with van der Waals surface area (Å²) in [4.78, 5) is 25.3. The van der Waals surface area contributed by atoms with Gasteiger partial charge in [-0.1, -0.05) is 12.1 Å². The predicted molar refractivity (Wildman–Crippen MR) is 123 cm³/mol. The Balaban J connectivity index is 1.73. The molecular weight excluding hydrogens is 529 g/mol. The van der Waals surface area contributed by atoms with Crippen LogP contribution < -0.4 is 15.4 Å². The minimum Gasteiger partial charge on any atom is -0.497 e. The van der Waals surface area contributed by atoms with E-state index in [0.29, 0.717) is 21.9 Å². The molecule has 3 aromatic rings. The Hall–Kier alpha value is -3.74. The normalized spacial score (nSPS) is 12.1. The number of rotatable bonds is 7. The molecule has 0 radical (unpaired) electrons. The zero-order valence-electron chi connectivity index (χ0n) is 19.0. The summed E-state index contributed by atoms with van der Waals surface area (Å²) in [5.41, 5.74) is -3.77. The Kier molecular flexibility index (Phi) is 8.36. The number of ether oxygens (including phenoxy) is 1. The minimum atomic E-state index is -5.70. The highest BCUT2D eigenvalue weighted by Gasteiger charge is 2.42.